The van der Waals surface area contributed by atoms with Crippen molar-refractivity contribution in [2.45, 2.75) is 55.9 Å². The van der Waals surface area contributed by atoms with Gasteiger partial charge < -0.3 is 5.73 Å². The molecule has 1 aliphatic carbocycles. The van der Waals surface area contributed by atoms with Crippen LogP contribution in [0.25, 0.3) is 0 Å². The van der Waals surface area contributed by atoms with Gasteiger partial charge in [0.2, 0.25) is 10.0 Å². The van der Waals surface area contributed by atoms with E-state index in [1.54, 1.807) is 0 Å². The summed E-state index contributed by atoms with van der Waals surface area (Å²) < 4.78 is 105. The second-order valence-corrected chi connectivity index (χ2v) is 8.01. The maximum Gasteiger partial charge on any atom is 0.416 e. The van der Waals surface area contributed by atoms with E-state index in [0.29, 0.717) is 37.5 Å². The predicted molar refractivity (Wildman–Crippen MR) is 82.4 cm³/mol. The fourth-order valence-electron chi connectivity index (χ4n) is 3.04. The van der Waals surface area contributed by atoms with Crippen molar-refractivity contribution in [1.29, 1.82) is 0 Å². The molecule has 1 saturated carbocycles. The second-order valence-electron chi connectivity index (χ2n) is 6.26. The number of halogens is 6. The van der Waals surface area contributed by atoms with Crippen LogP contribution in [0.15, 0.2) is 18.2 Å². The van der Waals surface area contributed by atoms with E-state index in [1.165, 1.54) is 0 Å². The molecule has 0 aromatic heterocycles. The van der Waals surface area contributed by atoms with Crippen LogP contribution in [-0.4, -0.2) is 20.5 Å². The van der Waals surface area contributed by atoms with Crippen molar-refractivity contribution in [2.24, 2.45) is 5.73 Å². The molecule has 1 aromatic rings. The number of alkyl halides is 6. The van der Waals surface area contributed by atoms with Gasteiger partial charge in [0.15, 0.2) is 0 Å². The van der Waals surface area contributed by atoms with Crippen molar-refractivity contribution in [3.8, 4) is 0 Å². The molecule has 0 radical (unpaired) electrons. The Hall–Kier alpha value is -1.33. The van der Waals surface area contributed by atoms with Crippen LogP contribution in [0.3, 0.4) is 0 Å². The Morgan fingerprint density at radius 1 is 1.00 bits per heavy atom. The van der Waals surface area contributed by atoms with Gasteiger partial charge in [-0.2, -0.15) is 26.3 Å². The highest BCUT2D eigenvalue weighted by molar-refractivity contribution is 7.88. The van der Waals surface area contributed by atoms with Crippen LogP contribution in [0.5, 0.6) is 0 Å². The van der Waals surface area contributed by atoms with Crippen LogP contribution in [-0.2, 0) is 28.1 Å². The summed E-state index contributed by atoms with van der Waals surface area (Å²) in [5.41, 5.74) is 1.24. The number of nitrogens with two attached hydrogens (primary N) is 1. The lowest BCUT2D eigenvalue weighted by Crippen LogP contribution is -2.49. The van der Waals surface area contributed by atoms with E-state index in [-0.39, 0.29) is 0 Å². The fourth-order valence-corrected chi connectivity index (χ4v) is 4.57. The van der Waals surface area contributed by atoms with Crippen LogP contribution >= 0.6 is 0 Å². The zero-order valence-electron chi connectivity index (χ0n) is 13.5. The van der Waals surface area contributed by atoms with Crippen LogP contribution < -0.4 is 10.5 Å². The minimum absolute atomic E-state index is 0.382. The van der Waals surface area contributed by atoms with E-state index in [4.69, 9.17) is 5.73 Å². The second kappa shape index (κ2) is 7.35. The van der Waals surface area contributed by atoms with Gasteiger partial charge in [-0.3, -0.25) is 0 Å². The van der Waals surface area contributed by atoms with Gasteiger partial charge in [0.25, 0.3) is 0 Å². The van der Waals surface area contributed by atoms with Gasteiger partial charge in [-0.25, -0.2) is 13.1 Å². The standard InChI is InChI=1S/C15H18F6N2O2S/c16-14(17,18)10-4-3-5-11(15(19,20)21)9(10)8-26(24,25)23-13-7-2-1-6-12(13)22/h3-5,12-13,23H,1-2,6-8,22H2. The normalized spacial score (nSPS) is 22.4. The fraction of sp³-hybridized carbons (Fsp3) is 0.600. The van der Waals surface area contributed by atoms with Gasteiger partial charge in [0.1, 0.15) is 0 Å². The lowest BCUT2D eigenvalue weighted by molar-refractivity contribution is -0.144. The van der Waals surface area contributed by atoms with Crippen molar-refractivity contribution >= 4 is 10.0 Å². The highest BCUT2D eigenvalue weighted by atomic mass is 32.2. The average Bonchev–Trinajstić information content (AvgIpc) is 2.47. The first-order valence-corrected chi connectivity index (χ1v) is 9.48. The third-order valence-electron chi connectivity index (χ3n) is 4.27. The minimum Gasteiger partial charge on any atom is -0.326 e. The van der Waals surface area contributed by atoms with Gasteiger partial charge in [-0.1, -0.05) is 18.9 Å². The van der Waals surface area contributed by atoms with Crippen molar-refractivity contribution in [3.63, 3.8) is 0 Å². The summed E-state index contributed by atoms with van der Waals surface area (Å²) in [6.07, 6.45) is -7.86. The third-order valence-corrected chi connectivity index (χ3v) is 5.60. The lowest BCUT2D eigenvalue weighted by atomic mass is 9.92. The number of hydrogen-bond donors (Lipinski definition) is 2. The first-order valence-electron chi connectivity index (χ1n) is 7.83. The first-order chi connectivity index (χ1) is 11.8. The molecule has 2 unspecified atom stereocenters. The summed E-state index contributed by atoms with van der Waals surface area (Å²) in [5.74, 6) is -1.43. The summed E-state index contributed by atoms with van der Waals surface area (Å²) in [6.45, 7) is 0. The Bertz CT molecular complexity index is 713. The monoisotopic (exact) mass is 404 g/mol. The van der Waals surface area contributed by atoms with Gasteiger partial charge >= 0.3 is 12.4 Å². The van der Waals surface area contributed by atoms with Crippen molar-refractivity contribution in [3.05, 3.63) is 34.9 Å². The highest BCUT2D eigenvalue weighted by Crippen LogP contribution is 2.40. The molecule has 0 spiro atoms. The molecule has 0 saturated heterocycles. The third kappa shape index (κ3) is 5.10. The summed E-state index contributed by atoms with van der Waals surface area (Å²) >= 11 is 0. The highest BCUT2D eigenvalue weighted by Gasteiger charge is 2.42. The lowest BCUT2D eigenvalue weighted by Gasteiger charge is -2.29. The Kier molecular flexibility index (Phi) is 5.93. The summed E-state index contributed by atoms with van der Waals surface area (Å²) in [4.78, 5) is 0. The molecule has 1 fully saturated rings. The van der Waals surface area contributed by atoms with E-state index in [0.717, 1.165) is 6.42 Å². The SMILES string of the molecule is NC1CCCCC1NS(=O)(=O)Cc1c(C(F)(F)F)cccc1C(F)(F)F. The Labute approximate surface area is 146 Å². The van der Waals surface area contributed by atoms with E-state index in [1.807, 2.05) is 0 Å². The molecule has 1 aromatic carbocycles. The van der Waals surface area contributed by atoms with Gasteiger partial charge in [0, 0.05) is 12.1 Å². The molecule has 0 aliphatic heterocycles. The molecule has 0 bridgehead atoms. The maximum atomic E-state index is 13.1. The van der Waals surface area contributed by atoms with E-state index in [2.05, 4.69) is 4.72 Å². The van der Waals surface area contributed by atoms with Gasteiger partial charge in [-0.05, 0) is 30.5 Å². The quantitative estimate of drug-likeness (QED) is 0.756. The van der Waals surface area contributed by atoms with Gasteiger partial charge in [0.05, 0.1) is 16.9 Å². The van der Waals surface area contributed by atoms with E-state index in [9.17, 15) is 34.8 Å². The van der Waals surface area contributed by atoms with Crippen molar-refractivity contribution in [1.82, 2.24) is 4.72 Å². The molecule has 1 aliphatic rings. The summed E-state index contributed by atoms with van der Waals surface area (Å²) in [7, 11) is -4.46. The molecule has 3 N–H and O–H groups in total. The molecule has 2 rings (SSSR count). The Morgan fingerprint density at radius 3 is 1.96 bits per heavy atom. The van der Waals surface area contributed by atoms with Crippen LogP contribution in [0.1, 0.15) is 42.4 Å². The molecule has 4 nitrogen and oxygen atoms in total. The molecule has 26 heavy (non-hydrogen) atoms. The summed E-state index contributed by atoms with van der Waals surface area (Å²) in [6, 6.07) is 0.241. The number of rotatable bonds is 4. The first kappa shape index (κ1) is 21.0. The number of benzene rings is 1. The van der Waals surface area contributed by atoms with E-state index >= 15 is 0 Å². The van der Waals surface area contributed by atoms with Crippen LogP contribution in [0.4, 0.5) is 26.3 Å². The number of nitrogens with one attached hydrogen (secondary N) is 1. The Balaban J connectivity index is 2.40. The molecular formula is C15H18F6N2O2S. The van der Waals surface area contributed by atoms with Crippen molar-refractivity contribution < 1.29 is 34.8 Å². The molecule has 2 atom stereocenters. The average molecular weight is 404 g/mol. The van der Waals surface area contributed by atoms with Crippen LogP contribution in [0, 0.1) is 0 Å². The molecular weight excluding hydrogens is 386 g/mol. The van der Waals surface area contributed by atoms with Crippen molar-refractivity contribution in [2.75, 3.05) is 0 Å². The Morgan fingerprint density at radius 2 is 1.50 bits per heavy atom. The van der Waals surface area contributed by atoms with Crippen LogP contribution in [0.2, 0.25) is 0 Å². The smallest absolute Gasteiger partial charge is 0.326 e. The number of sulfonamides is 1. The zero-order valence-corrected chi connectivity index (χ0v) is 14.3. The van der Waals surface area contributed by atoms with E-state index < -0.39 is 56.9 Å². The molecule has 0 heterocycles. The minimum atomic E-state index is -5.12. The topological polar surface area (TPSA) is 72.2 Å². The molecule has 11 heteroatoms. The largest absolute Gasteiger partial charge is 0.416 e. The molecule has 148 valence electrons. The number of hydrogen-bond acceptors (Lipinski definition) is 3. The zero-order chi connectivity index (χ0) is 19.8. The predicted octanol–water partition coefficient (Wildman–Crippen LogP) is 3.41. The van der Waals surface area contributed by atoms with Gasteiger partial charge in [-0.15, -0.1) is 0 Å². The molecule has 0 amide bonds. The summed E-state index contributed by atoms with van der Waals surface area (Å²) in [5, 5.41) is 0. The maximum absolute atomic E-state index is 13.1.